The molecule has 14 nitrogen and oxygen atoms in total. The zero-order valence-electron chi connectivity index (χ0n) is 20.5. The predicted octanol–water partition coefficient (Wildman–Crippen LogP) is -2.93. The van der Waals surface area contributed by atoms with Crippen molar-refractivity contribution >= 4 is 29.7 Å². The molecule has 0 spiro atoms. The average molecular weight is 503 g/mol. The van der Waals surface area contributed by atoms with Crippen molar-refractivity contribution in [2.45, 2.75) is 76.5 Å². The number of nitrogens with one attached hydrogen (secondary N) is 3. The number of unbranched alkanes of at least 4 members (excludes halogenated alkanes) is 1. The van der Waals surface area contributed by atoms with Gasteiger partial charge < -0.3 is 49.1 Å². The van der Waals surface area contributed by atoms with Crippen LogP contribution in [-0.2, 0) is 19.2 Å². The van der Waals surface area contributed by atoms with Crippen molar-refractivity contribution in [1.82, 2.24) is 16.0 Å². The number of nitrogens with zero attached hydrogens (tertiary/aromatic N) is 1. The van der Waals surface area contributed by atoms with Crippen LogP contribution in [0.25, 0.3) is 0 Å². The highest BCUT2D eigenvalue weighted by Crippen LogP contribution is 2.10. The number of hydrogen-bond donors (Lipinski definition) is 9. The number of aliphatic carboxylic acids is 1. The zero-order chi connectivity index (χ0) is 27.0. The molecule has 0 rings (SSSR count). The molecule has 0 fully saturated rings. The van der Waals surface area contributed by atoms with Gasteiger partial charge in [-0.25, -0.2) is 4.79 Å². The number of guanidine groups is 1. The highest BCUT2D eigenvalue weighted by atomic mass is 16.4. The van der Waals surface area contributed by atoms with E-state index in [0.29, 0.717) is 32.2 Å². The number of carbonyl (C=O) groups excluding carboxylic acids is 3. The molecule has 0 aromatic carbocycles. The molecular formula is C21H42N8O6. The molecule has 202 valence electrons. The molecule has 13 N–H and O–H groups in total. The lowest BCUT2D eigenvalue weighted by Gasteiger charge is -2.26. The third-order valence-electron chi connectivity index (χ3n) is 5.48. The summed E-state index contributed by atoms with van der Waals surface area (Å²) in [7, 11) is 0. The van der Waals surface area contributed by atoms with Crippen LogP contribution in [0.15, 0.2) is 4.99 Å². The highest BCUT2D eigenvalue weighted by Gasteiger charge is 2.31. The van der Waals surface area contributed by atoms with E-state index in [2.05, 4.69) is 20.9 Å². The van der Waals surface area contributed by atoms with Gasteiger partial charge in [-0.05, 0) is 44.6 Å². The first-order valence-electron chi connectivity index (χ1n) is 11.7. The number of carboxylic acids is 1. The maximum atomic E-state index is 12.8. The van der Waals surface area contributed by atoms with Crippen LogP contribution in [0.2, 0.25) is 0 Å². The van der Waals surface area contributed by atoms with E-state index >= 15 is 0 Å². The molecule has 0 aliphatic rings. The van der Waals surface area contributed by atoms with E-state index in [1.807, 2.05) is 0 Å². The van der Waals surface area contributed by atoms with Gasteiger partial charge >= 0.3 is 5.97 Å². The van der Waals surface area contributed by atoms with Gasteiger partial charge in [0, 0.05) is 6.54 Å². The van der Waals surface area contributed by atoms with Crippen LogP contribution in [0.1, 0.15) is 52.4 Å². The summed E-state index contributed by atoms with van der Waals surface area (Å²) in [6.45, 7) is 3.41. The Morgan fingerprint density at radius 2 is 1.51 bits per heavy atom. The molecule has 35 heavy (non-hydrogen) atoms. The summed E-state index contributed by atoms with van der Waals surface area (Å²) in [6.07, 6.45) is 2.45. The van der Waals surface area contributed by atoms with Gasteiger partial charge in [-0.3, -0.25) is 19.4 Å². The van der Waals surface area contributed by atoms with E-state index in [9.17, 15) is 29.4 Å². The second-order valence-electron chi connectivity index (χ2n) is 8.35. The lowest BCUT2D eigenvalue weighted by molar-refractivity contribution is -0.144. The van der Waals surface area contributed by atoms with Crippen LogP contribution >= 0.6 is 0 Å². The first-order chi connectivity index (χ1) is 16.5. The van der Waals surface area contributed by atoms with Crippen molar-refractivity contribution < 1.29 is 29.4 Å². The zero-order valence-corrected chi connectivity index (χ0v) is 20.5. The first kappa shape index (κ1) is 32.0. The lowest BCUT2D eigenvalue weighted by atomic mass is 9.98. The van der Waals surface area contributed by atoms with E-state index in [4.69, 9.17) is 22.9 Å². The lowest BCUT2D eigenvalue weighted by Crippen LogP contribution is -2.58. The third kappa shape index (κ3) is 12.9. The standard InChI is InChI=1S/C21H42N8O6/c1-3-12(2)16(20(34)35)29-18(32)14(8-4-5-9-22)27-19(33)15(11-30)28-17(31)13(23)7-6-10-26-21(24)25/h12-16,30H,3-11,22-23H2,1-2H3,(H,27,33)(H,28,31)(H,29,32)(H,34,35)(H4,24,25,26)/t12-,13-,14-,15-,16-/m0/s1. The number of aliphatic hydroxyl groups excluding tert-OH is 1. The Labute approximate surface area is 205 Å². The molecule has 3 amide bonds. The van der Waals surface area contributed by atoms with E-state index in [1.54, 1.807) is 13.8 Å². The summed E-state index contributed by atoms with van der Waals surface area (Å²) in [5.41, 5.74) is 21.8. The molecule has 0 radical (unpaired) electrons. The molecule has 0 heterocycles. The number of amides is 3. The fraction of sp³-hybridized carbons (Fsp3) is 0.762. The Kier molecular flexibility index (Phi) is 16.0. The minimum Gasteiger partial charge on any atom is -0.480 e. The van der Waals surface area contributed by atoms with Crippen molar-refractivity contribution in [2.75, 3.05) is 19.7 Å². The highest BCUT2D eigenvalue weighted by molar-refractivity contribution is 5.94. The maximum absolute atomic E-state index is 12.8. The number of aliphatic hydroxyl groups is 1. The molecule has 0 unspecified atom stereocenters. The molecule has 0 bridgehead atoms. The summed E-state index contributed by atoms with van der Waals surface area (Å²) < 4.78 is 0. The molecular weight excluding hydrogens is 460 g/mol. The molecule has 0 aliphatic heterocycles. The van der Waals surface area contributed by atoms with Gasteiger partial charge in [0.05, 0.1) is 12.6 Å². The predicted molar refractivity (Wildman–Crippen MR) is 131 cm³/mol. The molecule has 0 aromatic heterocycles. The van der Waals surface area contributed by atoms with Gasteiger partial charge in [0.15, 0.2) is 5.96 Å². The molecule has 0 saturated carbocycles. The van der Waals surface area contributed by atoms with Gasteiger partial charge in [0.1, 0.15) is 18.1 Å². The number of nitrogens with two attached hydrogens (primary N) is 4. The second kappa shape index (κ2) is 17.5. The second-order valence-corrected chi connectivity index (χ2v) is 8.35. The van der Waals surface area contributed by atoms with Crippen molar-refractivity contribution in [1.29, 1.82) is 0 Å². The fourth-order valence-corrected chi connectivity index (χ4v) is 3.09. The fourth-order valence-electron chi connectivity index (χ4n) is 3.09. The number of carboxylic acid groups (broad SMARTS) is 1. The first-order valence-corrected chi connectivity index (χ1v) is 11.7. The van der Waals surface area contributed by atoms with Crippen LogP contribution in [0.3, 0.4) is 0 Å². The summed E-state index contributed by atoms with van der Waals surface area (Å²) >= 11 is 0. The molecule has 0 aromatic rings. The van der Waals surface area contributed by atoms with Crippen molar-refractivity contribution in [2.24, 2.45) is 33.8 Å². The van der Waals surface area contributed by atoms with Crippen LogP contribution in [-0.4, -0.2) is 83.7 Å². The van der Waals surface area contributed by atoms with Gasteiger partial charge in [-0.2, -0.15) is 0 Å². The van der Waals surface area contributed by atoms with E-state index in [0.717, 1.165) is 0 Å². The topological polar surface area (TPSA) is 261 Å². The van der Waals surface area contributed by atoms with Gasteiger partial charge in [-0.1, -0.05) is 20.3 Å². The SMILES string of the molecule is CC[C@H](C)[C@H](NC(=O)[C@H](CCCCN)NC(=O)[C@H](CO)NC(=O)[C@@H](N)CCCN=C(N)N)C(=O)O. The average Bonchev–Trinajstić information content (AvgIpc) is 2.81. The monoisotopic (exact) mass is 502 g/mol. The quantitative estimate of drug-likeness (QED) is 0.0523. The molecule has 5 atom stereocenters. The minimum atomic E-state index is -1.36. The van der Waals surface area contributed by atoms with E-state index in [-0.39, 0.29) is 31.3 Å². The Hall–Kier alpha value is -2.97. The number of aliphatic imine (C=N–C) groups is 1. The summed E-state index contributed by atoms with van der Waals surface area (Å²) in [5, 5.41) is 26.4. The van der Waals surface area contributed by atoms with Crippen molar-refractivity contribution in [3.8, 4) is 0 Å². The maximum Gasteiger partial charge on any atom is 0.326 e. The van der Waals surface area contributed by atoms with Gasteiger partial charge in [-0.15, -0.1) is 0 Å². The number of hydrogen-bond acceptors (Lipinski definition) is 8. The summed E-state index contributed by atoms with van der Waals surface area (Å²) in [6, 6.07) is -4.55. The number of rotatable bonds is 18. The Bertz CT molecular complexity index is 716. The van der Waals surface area contributed by atoms with Crippen LogP contribution in [0.4, 0.5) is 0 Å². The van der Waals surface area contributed by atoms with Gasteiger partial charge in [0.2, 0.25) is 17.7 Å². The largest absolute Gasteiger partial charge is 0.480 e. The van der Waals surface area contributed by atoms with E-state index < -0.39 is 54.5 Å². The smallest absolute Gasteiger partial charge is 0.326 e. The van der Waals surface area contributed by atoms with Crippen LogP contribution < -0.4 is 38.9 Å². The molecule has 14 heteroatoms. The van der Waals surface area contributed by atoms with E-state index in [1.165, 1.54) is 0 Å². The van der Waals surface area contributed by atoms with Crippen LogP contribution in [0, 0.1) is 5.92 Å². The van der Waals surface area contributed by atoms with Crippen LogP contribution in [0.5, 0.6) is 0 Å². The van der Waals surface area contributed by atoms with Crippen molar-refractivity contribution in [3.05, 3.63) is 0 Å². The third-order valence-corrected chi connectivity index (χ3v) is 5.48. The summed E-state index contributed by atoms with van der Waals surface area (Å²) in [5.74, 6) is -3.76. The molecule has 0 saturated heterocycles. The summed E-state index contributed by atoms with van der Waals surface area (Å²) in [4.78, 5) is 53.3. The molecule has 0 aliphatic carbocycles. The normalized spacial score (nSPS) is 15.1. The minimum absolute atomic E-state index is 0.0797. The number of carbonyl (C=O) groups is 4. The van der Waals surface area contributed by atoms with Gasteiger partial charge in [0.25, 0.3) is 0 Å². The van der Waals surface area contributed by atoms with Crippen molar-refractivity contribution in [3.63, 3.8) is 0 Å². The Morgan fingerprint density at radius 1 is 0.914 bits per heavy atom. The Balaban J connectivity index is 5.21. The Morgan fingerprint density at radius 3 is 2.03 bits per heavy atom.